The lowest BCUT2D eigenvalue weighted by Crippen LogP contribution is -2.50. The molecule has 24 heavy (non-hydrogen) atoms. The first kappa shape index (κ1) is 17.4. The summed E-state index contributed by atoms with van der Waals surface area (Å²) in [7, 11) is 0. The molecule has 1 atom stereocenters. The number of carbonyl (C=O) groups excluding carboxylic acids is 2. The topological polar surface area (TPSA) is 81.6 Å². The summed E-state index contributed by atoms with van der Waals surface area (Å²) in [6.07, 6.45) is 6.74. The molecule has 1 saturated heterocycles. The Balaban J connectivity index is 1.70. The van der Waals surface area contributed by atoms with E-state index in [0.717, 1.165) is 40.2 Å². The molecule has 7 nitrogen and oxygen atoms in total. The van der Waals surface area contributed by atoms with Gasteiger partial charge in [0, 0.05) is 12.1 Å². The lowest BCUT2D eigenvalue weighted by atomic mass is 10.1. The third-order valence-corrected chi connectivity index (χ3v) is 5.49. The molecule has 0 radical (unpaired) electrons. The normalized spacial score (nSPS) is 21.0. The molecule has 1 fully saturated rings. The van der Waals surface area contributed by atoms with Crippen LogP contribution < -0.4 is 0 Å². The maximum Gasteiger partial charge on any atom is 0.436 e. The third-order valence-electron chi connectivity index (χ3n) is 3.80. The van der Waals surface area contributed by atoms with Gasteiger partial charge in [-0.25, -0.2) is 9.59 Å². The molecular formula is C15H19N3O4S2. The first-order chi connectivity index (χ1) is 11.7. The number of esters is 1. The fourth-order valence-corrected chi connectivity index (χ4v) is 4.28. The molecule has 0 N–H and O–H groups in total. The van der Waals surface area contributed by atoms with E-state index in [1.54, 1.807) is 11.8 Å². The van der Waals surface area contributed by atoms with Crippen LogP contribution in [0.15, 0.2) is 11.1 Å². The molecule has 0 bridgehead atoms. The standard InChI is InChI=1S/C15H19N3O4S2/c1-2-3-4-5-9-23-12-11(16-24-17-12)10-7-6-8-18-13(10)21-14(19)15(20)22-18/h7,13H,2-6,8-9H2,1H3. The monoisotopic (exact) mass is 369 g/mol. The fraction of sp³-hybridized carbons (Fsp3) is 0.600. The van der Waals surface area contributed by atoms with E-state index in [9.17, 15) is 9.59 Å². The number of thioether (sulfide) groups is 1. The first-order valence-electron chi connectivity index (χ1n) is 8.06. The van der Waals surface area contributed by atoms with Gasteiger partial charge in [-0.2, -0.15) is 8.75 Å². The summed E-state index contributed by atoms with van der Waals surface area (Å²) >= 11 is 2.81. The molecule has 0 spiro atoms. The molecule has 1 unspecified atom stereocenters. The van der Waals surface area contributed by atoms with Crippen molar-refractivity contribution in [2.75, 3.05) is 12.3 Å². The van der Waals surface area contributed by atoms with Crippen LogP contribution in [0.1, 0.15) is 44.7 Å². The number of aromatic nitrogens is 2. The van der Waals surface area contributed by atoms with Crippen LogP contribution in [-0.4, -0.2) is 44.3 Å². The summed E-state index contributed by atoms with van der Waals surface area (Å²) in [6.45, 7) is 2.68. The van der Waals surface area contributed by atoms with Crippen LogP contribution in [0, 0.1) is 0 Å². The van der Waals surface area contributed by atoms with Gasteiger partial charge in [0.2, 0.25) is 6.23 Å². The SMILES string of the molecule is CCCCCCSc1nsnc1C1=CCCN2OC(=O)C(=O)OC12. The third kappa shape index (κ3) is 3.79. The van der Waals surface area contributed by atoms with E-state index in [1.807, 2.05) is 6.08 Å². The second kappa shape index (κ2) is 8.09. The average molecular weight is 369 g/mol. The molecule has 0 saturated carbocycles. The number of rotatable bonds is 7. The van der Waals surface area contributed by atoms with Crippen LogP contribution in [-0.2, 0) is 19.2 Å². The van der Waals surface area contributed by atoms with Gasteiger partial charge in [-0.3, -0.25) is 0 Å². The molecule has 9 heteroatoms. The molecule has 1 aromatic rings. The van der Waals surface area contributed by atoms with E-state index in [1.165, 1.54) is 24.3 Å². The van der Waals surface area contributed by atoms with E-state index in [4.69, 9.17) is 9.57 Å². The molecule has 0 aliphatic carbocycles. The van der Waals surface area contributed by atoms with Crippen molar-refractivity contribution >= 4 is 41.0 Å². The van der Waals surface area contributed by atoms with Crippen molar-refractivity contribution in [3.05, 3.63) is 11.8 Å². The summed E-state index contributed by atoms with van der Waals surface area (Å²) < 4.78 is 14.0. The number of hydrogen-bond acceptors (Lipinski definition) is 9. The molecule has 1 aromatic heterocycles. The van der Waals surface area contributed by atoms with Crippen molar-refractivity contribution in [1.82, 2.24) is 13.8 Å². The maximum atomic E-state index is 11.5. The smallest absolute Gasteiger partial charge is 0.430 e. The van der Waals surface area contributed by atoms with Crippen LogP contribution in [0.4, 0.5) is 0 Å². The van der Waals surface area contributed by atoms with Gasteiger partial charge in [-0.15, -0.1) is 11.8 Å². The van der Waals surface area contributed by atoms with Crippen LogP contribution in [0.2, 0.25) is 0 Å². The summed E-state index contributed by atoms with van der Waals surface area (Å²) in [6, 6.07) is 0. The first-order valence-corrected chi connectivity index (χ1v) is 9.77. The second-order valence-electron chi connectivity index (χ2n) is 5.55. The molecule has 0 amide bonds. The summed E-state index contributed by atoms with van der Waals surface area (Å²) in [5.41, 5.74) is 1.47. The highest BCUT2D eigenvalue weighted by Crippen LogP contribution is 2.35. The number of unbranched alkanes of at least 4 members (excludes halogenated alkanes) is 3. The van der Waals surface area contributed by atoms with Gasteiger partial charge in [-0.1, -0.05) is 37.3 Å². The molecule has 130 valence electrons. The minimum atomic E-state index is -0.977. The number of nitrogens with zero attached hydrogens (tertiary/aromatic N) is 3. The Labute approximate surface area is 148 Å². The van der Waals surface area contributed by atoms with E-state index in [0.29, 0.717) is 13.0 Å². The Morgan fingerprint density at radius 1 is 1.29 bits per heavy atom. The minimum absolute atomic E-state index is 0.490. The van der Waals surface area contributed by atoms with Crippen LogP contribution in [0.25, 0.3) is 5.57 Å². The molecule has 2 aliphatic heterocycles. The highest BCUT2D eigenvalue weighted by Gasteiger charge is 2.42. The van der Waals surface area contributed by atoms with Crippen molar-refractivity contribution in [2.24, 2.45) is 0 Å². The molecule has 0 aromatic carbocycles. The summed E-state index contributed by atoms with van der Waals surface area (Å²) in [5, 5.41) is 2.24. The highest BCUT2D eigenvalue weighted by atomic mass is 32.2. The number of hydroxylamine groups is 2. The molecule has 3 rings (SSSR count). The van der Waals surface area contributed by atoms with Gasteiger partial charge in [0.1, 0.15) is 10.7 Å². The number of hydrogen-bond donors (Lipinski definition) is 0. The second-order valence-corrected chi connectivity index (χ2v) is 7.16. The Morgan fingerprint density at radius 2 is 2.17 bits per heavy atom. The van der Waals surface area contributed by atoms with E-state index < -0.39 is 18.2 Å². The summed E-state index contributed by atoms with van der Waals surface area (Å²) in [5.74, 6) is -0.968. The maximum absolute atomic E-state index is 11.5. The van der Waals surface area contributed by atoms with Crippen molar-refractivity contribution in [3.8, 4) is 0 Å². The van der Waals surface area contributed by atoms with E-state index in [-0.39, 0.29) is 0 Å². The van der Waals surface area contributed by atoms with Crippen molar-refractivity contribution in [2.45, 2.75) is 50.3 Å². The zero-order valence-corrected chi connectivity index (χ0v) is 15.0. The lowest BCUT2D eigenvalue weighted by Gasteiger charge is -2.35. The van der Waals surface area contributed by atoms with Gasteiger partial charge in [0.25, 0.3) is 0 Å². The zero-order valence-electron chi connectivity index (χ0n) is 13.4. The van der Waals surface area contributed by atoms with Gasteiger partial charge in [0.15, 0.2) is 0 Å². The lowest BCUT2D eigenvalue weighted by molar-refractivity contribution is -0.254. The molecule has 2 aliphatic rings. The number of fused-ring (bicyclic) bond motifs is 1. The highest BCUT2D eigenvalue weighted by molar-refractivity contribution is 7.99. The Bertz CT molecular complexity index is 646. The van der Waals surface area contributed by atoms with E-state index >= 15 is 0 Å². The predicted octanol–water partition coefficient (Wildman–Crippen LogP) is 2.64. The van der Waals surface area contributed by atoms with Crippen molar-refractivity contribution in [3.63, 3.8) is 0 Å². The quantitative estimate of drug-likeness (QED) is 0.314. The van der Waals surface area contributed by atoms with Gasteiger partial charge in [-0.05, 0) is 18.6 Å². The predicted molar refractivity (Wildman–Crippen MR) is 90.0 cm³/mol. The molecule has 3 heterocycles. The van der Waals surface area contributed by atoms with Crippen molar-refractivity contribution < 1.29 is 19.2 Å². The zero-order chi connectivity index (χ0) is 16.9. The van der Waals surface area contributed by atoms with Gasteiger partial charge < -0.3 is 9.57 Å². The summed E-state index contributed by atoms with van der Waals surface area (Å²) in [4.78, 5) is 27.9. The number of ether oxygens (including phenoxy) is 1. The van der Waals surface area contributed by atoms with Gasteiger partial charge >= 0.3 is 11.9 Å². The average Bonchev–Trinajstić information content (AvgIpc) is 3.03. The Morgan fingerprint density at radius 3 is 3.00 bits per heavy atom. The largest absolute Gasteiger partial charge is 0.436 e. The Kier molecular flexibility index (Phi) is 5.85. The fourth-order valence-electron chi connectivity index (χ4n) is 2.59. The minimum Gasteiger partial charge on any atom is -0.430 e. The van der Waals surface area contributed by atoms with Gasteiger partial charge in [0.05, 0.1) is 11.7 Å². The van der Waals surface area contributed by atoms with E-state index in [2.05, 4.69) is 15.7 Å². The number of carbonyl (C=O) groups is 2. The van der Waals surface area contributed by atoms with Crippen LogP contribution >= 0.6 is 23.5 Å². The van der Waals surface area contributed by atoms with Crippen molar-refractivity contribution in [1.29, 1.82) is 0 Å². The van der Waals surface area contributed by atoms with Crippen LogP contribution in [0.3, 0.4) is 0 Å². The van der Waals surface area contributed by atoms with Crippen LogP contribution in [0.5, 0.6) is 0 Å². The Hall–Kier alpha value is -1.45. The molecular weight excluding hydrogens is 350 g/mol.